The molecule has 1 saturated carbocycles. The van der Waals surface area contributed by atoms with E-state index in [0.717, 1.165) is 36.0 Å². The highest BCUT2D eigenvalue weighted by Crippen LogP contribution is 2.47. The highest BCUT2D eigenvalue weighted by molar-refractivity contribution is 5.98. The summed E-state index contributed by atoms with van der Waals surface area (Å²) in [6, 6.07) is 0. The van der Waals surface area contributed by atoms with Crippen molar-refractivity contribution in [1.29, 1.82) is 0 Å². The van der Waals surface area contributed by atoms with Gasteiger partial charge in [0.15, 0.2) is 0 Å². The number of amides is 1. The van der Waals surface area contributed by atoms with Crippen LogP contribution in [0, 0.1) is 40.0 Å². The van der Waals surface area contributed by atoms with E-state index in [1.165, 1.54) is 16.7 Å². The zero-order valence-corrected chi connectivity index (χ0v) is 13.9. The van der Waals surface area contributed by atoms with Crippen molar-refractivity contribution in [3.05, 3.63) is 33.4 Å². The van der Waals surface area contributed by atoms with Gasteiger partial charge in [0.05, 0.1) is 0 Å². The highest BCUT2D eigenvalue weighted by Gasteiger charge is 2.42. The molecule has 0 atom stereocenters. The maximum atomic E-state index is 12.6. The first-order valence-corrected chi connectivity index (χ1v) is 7.79. The van der Waals surface area contributed by atoms with Crippen LogP contribution in [0.15, 0.2) is 0 Å². The average Bonchev–Trinajstić information content (AvgIpc) is 3.22. The van der Waals surface area contributed by atoms with Gasteiger partial charge >= 0.3 is 0 Å². The Morgan fingerprint density at radius 1 is 1.00 bits per heavy atom. The molecular formula is C18H27NO2. The van der Waals surface area contributed by atoms with Crippen molar-refractivity contribution in [1.82, 2.24) is 5.32 Å². The van der Waals surface area contributed by atoms with E-state index in [9.17, 15) is 4.79 Å². The van der Waals surface area contributed by atoms with Gasteiger partial charge in [0, 0.05) is 18.7 Å². The average molecular weight is 289 g/mol. The standard InChI is InChI=1S/C18H27NO2/c1-11-12(2)14(4)16(15(5)13(11)3)17(21)19-10-18(6-7-18)8-9-20/h20H,6-10H2,1-5H3,(H,19,21). The topological polar surface area (TPSA) is 49.3 Å². The van der Waals surface area contributed by atoms with Crippen molar-refractivity contribution in [3.63, 3.8) is 0 Å². The Morgan fingerprint density at radius 3 is 1.90 bits per heavy atom. The summed E-state index contributed by atoms with van der Waals surface area (Å²) in [6.45, 7) is 11.2. The summed E-state index contributed by atoms with van der Waals surface area (Å²) in [6.07, 6.45) is 3.01. The largest absolute Gasteiger partial charge is 0.396 e. The fourth-order valence-electron chi connectivity index (χ4n) is 3.13. The summed E-state index contributed by atoms with van der Waals surface area (Å²) in [4.78, 5) is 12.6. The molecule has 21 heavy (non-hydrogen) atoms. The molecule has 2 N–H and O–H groups in total. The van der Waals surface area contributed by atoms with Gasteiger partial charge in [-0.15, -0.1) is 0 Å². The van der Waals surface area contributed by atoms with Crippen LogP contribution in [-0.4, -0.2) is 24.2 Å². The van der Waals surface area contributed by atoms with Crippen molar-refractivity contribution in [2.45, 2.75) is 53.9 Å². The molecule has 0 aromatic heterocycles. The zero-order valence-electron chi connectivity index (χ0n) is 13.9. The number of carbonyl (C=O) groups excluding carboxylic acids is 1. The third kappa shape index (κ3) is 2.98. The van der Waals surface area contributed by atoms with Crippen LogP contribution in [0.2, 0.25) is 0 Å². The van der Waals surface area contributed by atoms with Crippen LogP contribution in [0.25, 0.3) is 0 Å². The predicted molar refractivity (Wildman–Crippen MR) is 85.8 cm³/mol. The molecule has 0 aliphatic heterocycles. The monoisotopic (exact) mass is 289 g/mol. The number of nitrogens with one attached hydrogen (secondary N) is 1. The van der Waals surface area contributed by atoms with Gasteiger partial charge in [0.1, 0.15) is 0 Å². The molecule has 0 spiro atoms. The van der Waals surface area contributed by atoms with Crippen molar-refractivity contribution < 1.29 is 9.90 Å². The van der Waals surface area contributed by atoms with Crippen LogP contribution in [0.1, 0.15) is 57.4 Å². The summed E-state index contributed by atoms with van der Waals surface area (Å²) >= 11 is 0. The van der Waals surface area contributed by atoms with E-state index in [4.69, 9.17) is 5.11 Å². The van der Waals surface area contributed by atoms with Gasteiger partial charge in [-0.2, -0.15) is 0 Å². The molecule has 0 unspecified atom stereocenters. The molecule has 0 saturated heterocycles. The molecule has 0 radical (unpaired) electrons. The minimum absolute atomic E-state index is 0.0282. The molecule has 1 aromatic rings. The summed E-state index contributed by atoms with van der Waals surface area (Å²) in [5.74, 6) is 0.0282. The van der Waals surface area contributed by atoms with Gasteiger partial charge < -0.3 is 10.4 Å². The summed E-state index contributed by atoms with van der Waals surface area (Å²) in [5, 5.41) is 12.2. The van der Waals surface area contributed by atoms with E-state index in [-0.39, 0.29) is 17.9 Å². The Morgan fingerprint density at radius 2 is 1.48 bits per heavy atom. The molecule has 1 aliphatic carbocycles. The Hall–Kier alpha value is -1.35. The van der Waals surface area contributed by atoms with Crippen molar-refractivity contribution >= 4 is 5.91 Å². The first-order chi connectivity index (χ1) is 9.83. The maximum absolute atomic E-state index is 12.6. The Kier molecular flexibility index (Phi) is 4.43. The number of hydrogen-bond donors (Lipinski definition) is 2. The number of hydrogen-bond acceptors (Lipinski definition) is 2. The molecule has 1 aromatic carbocycles. The second-order valence-electron chi connectivity index (χ2n) is 6.66. The first kappa shape index (κ1) is 16.0. The molecule has 3 heteroatoms. The lowest BCUT2D eigenvalue weighted by molar-refractivity contribution is 0.0939. The van der Waals surface area contributed by atoms with E-state index >= 15 is 0 Å². The van der Waals surface area contributed by atoms with Gasteiger partial charge in [-0.05, 0) is 87.1 Å². The summed E-state index contributed by atoms with van der Waals surface area (Å²) < 4.78 is 0. The summed E-state index contributed by atoms with van der Waals surface area (Å²) in [7, 11) is 0. The highest BCUT2D eigenvalue weighted by atomic mass is 16.3. The van der Waals surface area contributed by atoms with Crippen molar-refractivity contribution in [2.24, 2.45) is 5.41 Å². The van der Waals surface area contributed by atoms with Crippen LogP contribution in [-0.2, 0) is 0 Å². The SMILES string of the molecule is Cc1c(C)c(C)c(C(=O)NCC2(CCO)CC2)c(C)c1C. The zero-order chi connectivity index (χ0) is 15.8. The lowest BCUT2D eigenvalue weighted by Crippen LogP contribution is -2.32. The lowest BCUT2D eigenvalue weighted by atomic mass is 9.89. The third-order valence-electron chi connectivity index (χ3n) is 5.45. The van der Waals surface area contributed by atoms with Gasteiger partial charge in [-0.1, -0.05) is 0 Å². The Bertz CT molecular complexity index is 542. The van der Waals surface area contributed by atoms with E-state index in [1.807, 2.05) is 13.8 Å². The number of rotatable bonds is 5. The van der Waals surface area contributed by atoms with Crippen molar-refractivity contribution in [3.8, 4) is 0 Å². The second kappa shape index (κ2) is 5.80. The van der Waals surface area contributed by atoms with Gasteiger partial charge in [-0.25, -0.2) is 0 Å². The fourth-order valence-corrected chi connectivity index (χ4v) is 3.13. The molecular weight excluding hydrogens is 262 g/mol. The Balaban J connectivity index is 2.20. The van der Waals surface area contributed by atoms with Gasteiger partial charge in [0.25, 0.3) is 5.91 Å². The molecule has 1 fully saturated rings. The minimum Gasteiger partial charge on any atom is -0.396 e. The first-order valence-electron chi connectivity index (χ1n) is 7.79. The van der Waals surface area contributed by atoms with E-state index < -0.39 is 0 Å². The van der Waals surface area contributed by atoms with Crippen LogP contribution in [0.5, 0.6) is 0 Å². The quantitative estimate of drug-likeness (QED) is 0.875. The van der Waals surface area contributed by atoms with E-state index in [0.29, 0.717) is 6.54 Å². The molecule has 1 amide bonds. The van der Waals surface area contributed by atoms with Crippen LogP contribution < -0.4 is 5.32 Å². The Labute approximate surface area is 127 Å². The molecule has 116 valence electrons. The molecule has 0 bridgehead atoms. The van der Waals surface area contributed by atoms with Crippen LogP contribution in [0.3, 0.4) is 0 Å². The maximum Gasteiger partial charge on any atom is 0.251 e. The lowest BCUT2D eigenvalue weighted by Gasteiger charge is -2.20. The van der Waals surface area contributed by atoms with Crippen LogP contribution in [0.4, 0.5) is 0 Å². The molecule has 0 heterocycles. The number of aliphatic hydroxyl groups is 1. The third-order valence-corrected chi connectivity index (χ3v) is 5.45. The smallest absolute Gasteiger partial charge is 0.251 e. The number of carbonyl (C=O) groups is 1. The minimum atomic E-state index is 0.0282. The summed E-state index contributed by atoms with van der Waals surface area (Å²) in [5.41, 5.74) is 6.84. The molecule has 3 nitrogen and oxygen atoms in total. The predicted octanol–water partition coefficient (Wildman–Crippen LogP) is 3.12. The van der Waals surface area contributed by atoms with Crippen molar-refractivity contribution in [2.75, 3.05) is 13.2 Å². The second-order valence-corrected chi connectivity index (χ2v) is 6.66. The van der Waals surface area contributed by atoms with E-state index in [2.05, 4.69) is 26.1 Å². The fraction of sp³-hybridized carbons (Fsp3) is 0.611. The van der Waals surface area contributed by atoms with E-state index in [1.54, 1.807) is 0 Å². The van der Waals surface area contributed by atoms with Gasteiger partial charge in [-0.3, -0.25) is 4.79 Å². The van der Waals surface area contributed by atoms with Crippen LogP contribution >= 0.6 is 0 Å². The number of aliphatic hydroxyl groups excluding tert-OH is 1. The molecule has 1 aliphatic rings. The number of benzene rings is 1. The normalized spacial score (nSPS) is 15.9. The van der Waals surface area contributed by atoms with Gasteiger partial charge in [0.2, 0.25) is 0 Å². The molecule has 2 rings (SSSR count).